The molecule has 2 heteroatoms. The highest BCUT2D eigenvalue weighted by Crippen LogP contribution is 2.13. The zero-order valence-electron chi connectivity index (χ0n) is 15.2. The Morgan fingerprint density at radius 2 is 0.913 bits per heavy atom. The van der Waals surface area contributed by atoms with Gasteiger partial charge < -0.3 is 8.97 Å². The predicted molar refractivity (Wildman–Crippen MR) is 98.9 cm³/mol. The van der Waals surface area contributed by atoms with Crippen molar-refractivity contribution in [2.75, 3.05) is 41.3 Å². The molecule has 0 fully saturated rings. The second-order valence-corrected chi connectivity index (χ2v) is 7.96. The fourth-order valence-corrected chi connectivity index (χ4v) is 3.24. The fraction of sp³-hybridized carbons (Fsp3) is 0.429. The molecule has 2 nitrogen and oxygen atoms in total. The van der Waals surface area contributed by atoms with Crippen LogP contribution >= 0.6 is 0 Å². The van der Waals surface area contributed by atoms with Crippen molar-refractivity contribution in [2.45, 2.75) is 19.5 Å². The van der Waals surface area contributed by atoms with E-state index >= 15 is 0 Å². The Balaban J connectivity index is 1.80. The van der Waals surface area contributed by atoms with E-state index in [1.165, 1.54) is 30.6 Å². The van der Waals surface area contributed by atoms with Crippen LogP contribution in [-0.4, -0.2) is 50.2 Å². The van der Waals surface area contributed by atoms with Gasteiger partial charge >= 0.3 is 0 Å². The second-order valence-electron chi connectivity index (χ2n) is 7.96. The quantitative estimate of drug-likeness (QED) is 0.648. The van der Waals surface area contributed by atoms with E-state index in [4.69, 9.17) is 0 Å². The molecule has 2 aromatic rings. The van der Waals surface area contributed by atoms with E-state index in [1.807, 2.05) is 0 Å². The standard InChI is InChI=1S/C21H32N2/c1-22(2,18-20-12-7-5-8-13-20)16-11-17-23(3,4)19-21-14-9-6-10-15-21/h5-10,12-15H,11,16-19H2,1-4H3/q+2. The topological polar surface area (TPSA) is 0 Å². The number of quaternary nitrogens is 2. The summed E-state index contributed by atoms with van der Waals surface area (Å²) in [5, 5.41) is 0. The van der Waals surface area contributed by atoms with Gasteiger partial charge in [-0.2, -0.15) is 0 Å². The SMILES string of the molecule is C[N+](C)(CCC[N+](C)(C)Cc1ccccc1)Cc1ccccc1. The van der Waals surface area contributed by atoms with Crippen LogP contribution in [0.3, 0.4) is 0 Å². The first-order valence-electron chi connectivity index (χ1n) is 8.58. The molecule has 0 N–H and O–H groups in total. The van der Waals surface area contributed by atoms with Crippen LogP contribution in [-0.2, 0) is 13.1 Å². The van der Waals surface area contributed by atoms with E-state index in [2.05, 4.69) is 88.9 Å². The second kappa shape index (κ2) is 7.76. The van der Waals surface area contributed by atoms with Gasteiger partial charge in [-0.3, -0.25) is 0 Å². The molecule has 0 aliphatic rings. The largest absolute Gasteiger partial charge is 0.325 e. The average Bonchev–Trinajstić information content (AvgIpc) is 2.47. The molecule has 0 aliphatic carbocycles. The maximum Gasteiger partial charge on any atom is 0.104 e. The predicted octanol–water partition coefficient (Wildman–Crippen LogP) is 3.93. The van der Waals surface area contributed by atoms with Crippen molar-refractivity contribution in [1.29, 1.82) is 0 Å². The van der Waals surface area contributed by atoms with Crippen LogP contribution in [0, 0.1) is 0 Å². The smallest absolute Gasteiger partial charge is 0.104 e. The van der Waals surface area contributed by atoms with Gasteiger partial charge in [0, 0.05) is 17.5 Å². The van der Waals surface area contributed by atoms with E-state index in [-0.39, 0.29) is 0 Å². The molecule has 124 valence electrons. The van der Waals surface area contributed by atoms with E-state index in [9.17, 15) is 0 Å². The Morgan fingerprint density at radius 3 is 1.26 bits per heavy atom. The van der Waals surface area contributed by atoms with Crippen LogP contribution in [0.4, 0.5) is 0 Å². The van der Waals surface area contributed by atoms with Gasteiger partial charge in [-0.25, -0.2) is 0 Å². The minimum atomic E-state index is 1.05. The monoisotopic (exact) mass is 312 g/mol. The molecule has 2 rings (SSSR count). The van der Waals surface area contributed by atoms with E-state index in [0.717, 1.165) is 22.1 Å². The van der Waals surface area contributed by atoms with Gasteiger partial charge in [0.25, 0.3) is 0 Å². The number of hydrogen-bond acceptors (Lipinski definition) is 0. The molecular weight excluding hydrogens is 280 g/mol. The highest BCUT2D eigenvalue weighted by atomic mass is 15.3. The zero-order chi connectivity index (χ0) is 16.8. The summed E-state index contributed by atoms with van der Waals surface area (Å²) in [7, 11) is 9.35. The Hall–Kier alpha value is -1.64. The Kier molecular flexibility index (Phi) is 5.97. The van der Waals surface area contributed by atoms with Gasteiger partial charge in [-0.05, 0) is 0 Å². The lowest BCUT2D eigenvalue weighted by molar-refractivity contribution is -0.922. The molecule has 23 heavy (non-hydrogen) atoms. The van der Waals surface area contributed by atoms with Crippen molar-refractivity contribution in [1.82, 2.24) is 0 Å². The Bertz CT molecular complexity index is 520. The van der Waals surface area contributed by atoms with Gasteiger partial charge in [-0.1, -0.05) is 60.7 Å². The lowest BCUT2D eigenvalue weighted by atomic mass is 10.1. The Morgan fingerprint density at radius 1 is 0.565 bits per heavy atom. The van der Waals surface area contributed by atoms with E-state index in [0.29, 0.717) is 0 Å². The maximum atomic E-state index is 2.34. The van der Waals surface area contributed by atoms with Crippen molar-refractivity contribution in [3.8, 4) is 0 Å². The molecule has 0 aromatic heterocycles. The normalized spacial score (nSPS) is 12.3. The molecule has 0 unspecified atom stereocenters. The van der Waals surface area contributed by atoms with Crippen LogP contribution in [0.15, 0.2) is 60.7 Å². The lowest BCUT2D eigenvalue weighted by Gasteiger charge is -2.33. The minimum absolute atomic E-state index is 1.05. The van der Waals surface area contributed by atoms with Gasteiger partial charge in [0.1, 0.15) is 13.1 Å². The van der Waals surface area contributed by atoms with Crippen LogP contribution in [0.1, 0.15) is 17.5 Å². The molecule has 0 atom stereocenters. The van der Waals surface area contributed by atoms with Gasteiger partial charge in [0.2, 0.25) is 0 Å². The molecule has 0 aliphatic heterocycles. The first-order chi connectivity index (χ1) is 10.9. The molecule has 0 radical (unpaired) electrons. The summed E-state index contributed by atoms with van der Waals surface area (Å²) in [5.41, 5.74) is 2.85. The molecule has 0 saturated carbocycles. The minimum Gasteiger partial charge on any atom is -0.325 e. The lowest BCUT2D eigenvalue weighted by Crippen LogP contribution is -2.44. The van der Waals surface area contributed by atoms with Crippen molar-refractivity contribution in [2.24, 2.45) is 0 Å². The maximum absolute atomic E-state index is 2.34. The third-order valence-electron chi connectivity index (χ3n) is 4.43. The molecule has 0 bridgehead atoms. The van der Waals surface area contributed by atoms with Crippen LogP contribution < -0.4 is 0 Å². The molecule has 0 spiro atoms. The van der Waals surface area contributed by atoms with Crippen LogP contribution in [0.2, 0.25) is 0 Å². The number of hydrogen-bond donors (Lipinski definition) is 0. The zero-order valence-corrected chi connectivity index (χ0v) is 15.2. The molecule has 0 heterocycles. The number of nitrogens with zero attached hydrogens (tertiary/aromatic N) is 2. The van der Waals surface area contributed by atoms with Gasteiger partial charge in [-0.15, -0.1) is 0 Å². The summed E-state index contributed by atoms with van der Waals surface area (Å²) in [6.45, 7) is 4.64. The molecule has 0 amide bonds. The summed E-state index contributed by atoms with van der Waals surface area (Å²) in [4.78, 5) is 0. The molecular formula is C21H32N2+2. The van der Waals surface area contributed by atoms with Gasteiger partial charge in [0.15, 0.2) is 0 Å². The summed E-state index contributed by atoms with van der Waals surface area (Å²) in [6.07, 6.45) is 1.25. The first-order valence-corrected chi connectivity index (χ1v) is 8.58. The van der Waals surface area contributed by atoms with Crippen molar-refractivity contribution in [3.05, 3.63) is 71.8 Å². The highest BCUT2D eigenvalue weighted by Gasteiger charge is 2.20. The van der Waals surface area contributed by atoms with Crippen molar-refractivity contribution >= 4 is 0 Å². The Labute approximate surface area is 142 Å². The van der Waals surface area contributed by atoms with Crippen LogP contribution in [0.5, 0.6) is 0 Å². The summed E-state index contributed by atoms with van der Waals surface area (Å²) in [5.74, 6) is 0. The van der Waals surface area contributed by atoms with E-state index < -0.39 is 0 Å². The summed E-state index contributed by atoms with van der Waals surface area (Å²) in [6, 6.07) is 21.6. The first kappa shape index (κ1) is 17.7. The summed E-state index contributed by atoms with van der Waals surface area (Å²) >= 11 is 0. The molecule has 0 saturated heterocycles. The average molecular weight is 313 g/mol. The van der Waals surface area contributed by atoms with E-state index in [1.54, 1.807) is 0 Å². The highest BCUT2D eigenvalue weighted by molar-refractivity contribution is 5.14. The third kappa shape index (κ3) is 6.55. The summed E-state index contributed by atoms with van der Waals surface area (Å²) < 4.78 is 2.10. The van der Waals surface area contributed by atoms with Crippen molar-refractivity contribution < 1.29 is 8.97 Å². The molecule has 2 aromatic carbocycles. The fourth-order valence-electron chi connectivity index (χ4n) is 3.24. The van der Waals surface area contributed by atoms with Crippen molar-refractivity contribution in [3.63, 3.8) is 0 Å². The number of benzene rings is 2. The van der Waals surface area contributed by atoms with Crippen LogP contribution in [0.25, 0.3) is 0 Å². The number of rotatable bonds is 8. The van der Waals surface area contributed by atoms with Gasteiger partial charge in [0.05, 0.1) is 41.3 Å². The third-order valence-corrected chi connectivity index (χ3v) is 4.43.